The zero-order chi connectivity index (χ0) is 20.2. The van der Waals surface area contributed by atoms with Gasteiger partial charge in [0.25, 0.3) is 10.0 Å². The fourth-order valence-corrected chi connectivity index (χ4v) is 4.06. The maximum atomic E-state index is 13.3. The van der Waals surface area contributed by atoms with Gasteiger partial charge in [0, 0.05) is 6.04 Å². The monoisotopic (exact) mass is 388 g/mol. The molecule has 1 amide bonds. The third-order valence-corrected chi connectivity index (χ3v) is 6.44. The molecule has 2 aromatic rings. The summed E-state index contributed by atoms with van der Waals surface area (Å²) in [5.74, 6) is -0.0651. The molecule has 1 atom stereocenters. The number of hydrogen-bond donors (Lipinski definition) is 1. The number of rotatable bonds is 7. The number of amides is 1. The van der Waals surface area contributed by atoms with Crippen molar-refractivity contribution in [1.82, 2.24) is 5.32 Å². The summed E-state index contributed by atoms with van der Waals surface area (Å²) in [7, 11) is -3.87. The van der Waals surface area contributed by atoms with Gasteiger partial charge in [-0.15, -0.1) is 0 Å². The van der Waals surface area contributed by atoms with E-state index >= 15 is 0 Å². The van der Waals surface area contributed by atoms with Gasteiger partial charge in [0.1, 0.15) is 6.54 Å². The van der Waals surface area contributed by atoms with Gasteiger partial charge in [-0.2, -0.15) is 0 Å². The van der Waals surface area contributed by atoms with E-state index in [0.717, 1.165) is 11.1 Å². The Morgan fingerprint density at radius 1 is 1.00 bits per heavy atom. The Bertz CT molecular complexity index is 890. The molecule has 0 heterocycles. The van der Waals surface area contributed by atoms with Crippen molar-refractivity contribution in [3.8, 4) is 0 Å². The molecule has 0 saturated carbocycles. The molecule has 1 N–H and O–H groups in total. The summed E-state index contributed by atoms with van der Waals surface area (Å²) in [6.07, 6.45) is 0. The molecule has 6 heteroatoms. The van der Waals surface area contributed by atoms with Crippen molar-refractivity contribution >= 4 is 21.6 Å². The van der Waals surface area contributed by atoms with Gasteiger partial charge in [-0.3, -0.25) is 9.10 Å². The van der Waals surface area contributed by atoms with Gasteiger partial charge in [0.15, 0.2) is 0 Å². The van der Waals surface area contributed by atoms with Crippen molar-refractivity contribution in [3.05, 3.63) is 59.7 Å². The van der Waals surface area contributed by atoms with Gasteiger partial charge in [-0.05, 0) is 50.5 Å². The molecule has 0 saturated heterocycles. The Kier molecular flexibility index (Phi) is 6.65. The van der Waals surface area contributed by atoms with Crippen molar-refractivity contribution in [1.29, 1.82) is 0 Å². The first-order chi connectivity index (χ1) is 12.6. The van der Waals surface area contributed by atoms with Crippen LogP contribution < -0.4 is 9.62 Å². The molecule has 27 heavy (non-hydrogen) atoms. The minimum absolute atomic E-state index is 0.0432. The highest BCUT2D eigenvalue weighted by molar-refractivity contribution is 7.92. The van der Waals surface area contributed by atoms with E-state index in [0.29, 0.717) is 5.69 Å². The number of benzene rings is 2. The Balaban J connectivity index is 2.43. The van der Waals surface area contributed by atoms with E-state index in [-0.39, 0.29) is 29.3 Å². The Morgan fingerprint density at radius 2 is 1.59 bits per heavy atom. The lowest BCUT2D eigenvalue weighted by atomic mass is 10.1. The van der Waals surface area contributed by atoms with Crippen LogP contribution >= 0.6 is 0 Å². The number of aryl methyl sites for hydroxylation is 2. The number of carbonyl (C=O) groups excluding carboxylic acids is 1. The quantitative estimate of drug-likeness (QED) is 0.787. The number of anilines is 1. The second-order valence-corrected chi connectivity index (χ2v) is 9.07. The summed E-state index contributed by atoms with van der Waals surface area (Å²) in [5.41, 5.74) is 2.27. The molecule has 0 aliphatic rings. The van der Waals surface area contributed by atoms with Crippen LogP contribution in [0.1, 0.15) is 31.9 Å². The first-order valence-corrected chi connectivity index (χ1v) is 10.5. The third kappa shape index (κ3) is 5.10. The molecular formula is C21H28N2O3S. The fraction of sp³-hybridized carbons (Fsp3) is 0.381. The van der Waals surface area contributed by atoms with Crippen molar-refractivity contribution in [2.75, 3.05) is 10.8 Å². The first kappa shape index (κ1) is 21.0. The number of nitrogens with zero attached hydrogens (tertiary/aromatic N) is 1. The van der Waals surface area contributed by atoms with Crippen LogP contribution in [-0.2, 0) is 14.8 Å². The normalized spacial score (nSPS) is 12.7. The lowest BCUT2D eigenvalue weighted by Crippen LogP contribution is -2.45. The van der Waals surface area contributed by atoms with Gasteiger partial charge in [0.05, 0.1) is 10.6 Å². The molecule has 0 radical (unpaired) electrons. The van der Waals surface area contributed by atoms with Crippen LogP contribution in [0.2, 0.25) is 0 Å². The van der Waals surface area contributed by atoms with Crippen LogP contribution in [0.3, 0.4) is 0 Å². The summed E-state index contributed by atoms with van der Waals surface area (Å²) in [4.78, 5) is 12.7. The zero-order valence-corrected chi connectivity index (χ0v) is 17.4. The van der Waals surface area contributed by atoms with E-state index in [2.05, 4.69) is 5.32 Å². The molecule has 0 aliphatic carbocycles. The summed E-state index contributed by atoms with van der Waals surface area (Å²) < 4.78 is 27.8. The number of para-hydroxylation sites is 1. The molecule has 0 bridgehead atoms. The summed E-state index contributed by atoms with van der Waals surface area (Å²) in [6.45, 7) is 9.39. The standard InChI is InChI=1S/C21H28N2O3S/c1-15(2)18(5)22-21(24)14-23(20-9-7-6-8-17(20)4)27(25,26)19-12-10-16(3)11-13-19/h6-13,15,18H,14H2,1-5H3,(H,22,24)/t18-/m0/s1. The van der Waals surface area contributed by atoms with Gasteiger partial charge >= 0.3 is 0 Å². The summed E-state index contributed by atoms with van der Waals surface area (Å²) in [6, 6.07) is 13.8. The fourth-order valence-electron chi connectivity index (χ4n) is 2.58. The van der Waals surface area contributed by atoms with Crippen molar-refractivity contribution in [2.45, 2.75) is 45.6 Å². The summed E-state index contributed by atoms with van der Waals surface area (Å²) >= 11 is 0. The Labute approximate surface area is 162 Å². The van der Waals surface area contributed by atoms with Crippen molar-refractivity contribution in [3.63, 3.8) is 0 Å². The molecule has 0 aromatic heterocycles. The number of hydrogen-bond acceptors (Lipinski definition) is 3. The highest BCUT2D eigenvalue weighted by Gasteiger charge is 2.28. The second-order valence-electron chi connectivity index (χ2n) is 7.21. The molecular weight excluding hydrogens is 360 g/mol. The predicted octanol–water partition coefficient (Wildman–Crippen LogP) is 3.66. The van der Waals surface area contributed by atoms with Gasteiger partial charge in [-0.1, -0.05) is 49.7 Å². The number of carbonyl (C=O) groups is 1. The largest absolute Gasteiger partial charge is 0.352 e. The zero-order valence-electron chi connectivity index (χ0n) is 16.6. The molecule has 146 valence electrons. The van der Waals surface area contributed by atoms with Crippen LogP contribution in [-0.4, -0.2) is 26.9 Å². The van der Waals surface area contributed by atoms with E-state index < -0.39 is 10.0 Å². The summed E-state index contributed by atoms with van der Waals surface area (Å²) in [5, 5.41) is 2.89. The van der Waals surface area contributed by atoms with Gasteiger partial charge < -0.3 is 5.32 Å². The molecule has 2 aromatic carbocycles. The van der Waals surface area contributed by atoms with E-state index in [4.69, 9.17) is 0 Å². The second kappa shape index (κ2) is 8.57. The lowest BCUT2D eigenvalue weighted by Gasteiger charge is -2.27. The minimum atomic E-state index is -3.87. The van der Waals surface area contributed by atoms with Gasteiger partial charge in [0.2, 0.25) is 5.91 Å². The SMILES string of the molecule is Cc1ccc(S(=O)(=O)N(CC(=O)N[C@@H](C)C(C)C)c2ccccc2C)cc1. The topological polar surface area (TPSA) is 66.5 Å². The van der Waals surface area contributed by atoms with Crippen LogP contribution in [0.25, 0.3) is 0 Å². The van der Waals surface area contributed by atoms with E-state index in [1.54, 1.807) is 36.4 Å². The smallest absolute Gasteiger partial charge is 0.264 e. The number of nitrogens with one attached hydrogen (secondary N) is 1. The van der Waals surface area contributed by atoms with Crippen LogP contribution in [0.4, 0.5) is 5.69 Å². The number of sulfonamides is 1. The van der Waals surface area contributed by atoms with Crippen LogP contribution in [0.15, 0.2) is 53.4 Å². The maximum absolute atomic E-state index is 13.3. The molecule has 0 spiro atoms. The highest BCUT2D eigenvalue weighted by atomic mass is 32.2. The highest BCUT2D eigenvalue weighted by Crippen LogP contribution is 2.26. The van der Waals surface area contributed by atoms with Gasteiger partial charge in [-0.25, -0.2) is 8.42 Å². The molecule has 5 nitrogen and oxygen atoms in total. The molecule has 2 rings (SSSR count). The van der Waals surface area contributed by atoms with E-state index in [1.807, 2.05) is 46.8 Å². The molecule has 0 aliphatic heterocycles. The molecule has 0 unspecified atom stereocenters. The molecule has 0 fully saturated rings. The van der Waals surface area contributed by atoms with E-state index in [1.165, 1.54) is 4.31 Å². The average molecular weight is 389 g/mol. The minimum Gasteiger partial charge on any atom is -0.352 e. The van der Waals surface area contributed by atoms with Crippen molar-refractivity contribution < 1.29 is 13.2 Å². The van der Waals surface area contributed by atoms with Crippen molar-refractivity contribution in [2.24, 2.45) is 5.92 Å². The third-order valence-electron chi connectivity index (χ3n) is 4.67. The maximum Gasteiger partial charge on any atom is 0.264 e. The average Bonchev–Trinajstić information content (AvgIpc) is 2.60. The van der Waals surface area contributed by atoms with E-state index in [9.17, 15) is 13.2 Å². The Hall–Kier alpha value is -2.34. The van der Waals surface area contributed by atoms with Crippen LogP contribution in [0.5, 0.6) is 0 Å². The first-order valence-electron chi connectivity index (χ1n) is 9.07. The van der Waals surface area contributed by atoms with Crippen LogP contribution in [0, 0.1) is 19.8 Å². The Morgan fingerprint density at radius 3 is 2.15 bits per heavy atom. The predicted molar refractivity (Wildman–Crippen MR) is 109 cm³/mol. The lowest BCUT2D eigenvalue weighted by molar-refractivity contribution is -0.120.